The van der Waals surface area contributed by atoms with E-state index >= 15 is 0 Å². The standard InChI is InChI=1S/C30H46O2/c1-19(16-20(2)26(3,4)18-31)21-8-9-22-23-10-11-24-27(5,6)25(32)12-13-30(24)17-29(23,30)15-14-28(21,22)7/h10,16,21-22,24-25,31-32H,1,8-9,11-15,17-18H2,2-7H3/b20-16+/t21-,22-,24+,25+,28+,29+,30-/m1/s1. The molecule has 0 heterocycles. The van der Waals surface area contributed by atoms with Crippen LogP contribution in [0.15, 0.2) is 35.5 Å². The second kappa shape index (κ2) is 6.85. The van der Waals surface area contributed by atoms with Crippen molar-refractivity contribution in [1.82, 2.24) is 0 Å². The average Bonchev–Trinajstić information content (AvgIpc) is 3.27. The lowest BCUT2D eigenvalue weighted by molar-refractivity contribution is -0.0839. The molecule has 0 bridgehead atoms. The zero-order chi connectivity index (χ0) is 23.3. The molecule has 0 aromatic heterocycles. The third-order valence-corrected chi connectivity index (χ3v) is 12.0. The van der Waals surface area contributed by atoms with E-state index in [4.69, 9.17) is 0 Å². The van der Waals surface area contributed by atoms with Crippen LogP contribution >= 0.6 is 0 Å². The summed E-state index contributed by atoms with van der Waals surface area (Å²) in [6.45, 7) is 18.4. The largest absolute Gasteiger partial charge is 0.395 e. The van der Waals surface area contributed by atoms with Crippen LogP contribution in [0.5, 0.6) is 0 Å². The predicted molar refractivity (Wildman–Crippen MR) is 132 cm³/mol. The average molecular weight is 439 g/mol. The Morgan fingerprint density at radius 3 is 2.56 bits per heavy atom. The summed E-state index contributed by atoms with van der Waals surface area (Å²) >= 11 is 0. The highest BCUT2D eigenvalue weighted by Gasteiger charge is 2.78. The molecule has 0 aromatic carbocycles. The lowest BCUT2D eigenvalue weighted by Crippen LogP contribution is -2.51. The molecule has 2 nitrogen and oxygen atoms in total. The minimum absolute atomic E-state index is 0.0405. The van der Waals surface area contributed by atoms with E-state index in [1.54, 1.807) is 0 Å². The minimum atomic E-state index is -0.182. The van der Waals surface area contributed by atoms with Crippen molar-refractivity contribution in [3.05, 3.63) is 35.5 Å². The lowest BCUT2D eigenvalue weighted by atomic mass is 9.49. The van der Waals surface area contributed by atoms with Crippen LogP contribution in [-0.2, 0) is 0 Å². The zero-order valence-electron chi connectivity index (χ0n) is 21.4. The molecule has 0 radical (unpaired) electrons. The van der Waals surface area contributed by atoms with Crippen LogP contribution in [0, 0.1) is 44.8 Å². The molecule has 0 saturated heterocycles. The summed E-state index contributed by atoms with van der Waals surface area (Å²) < 4.78 is 0. The fourth-order valence-corrected chi connectivity index (χ4v) is 9.37. The quantitative estimate of drug-likeness (QED) is 0.373. The van der Waals surface area contributed by atoms with E-state index < -0.39 is 0 Å². The smallest absolute Gasteiger partial charge is 0.0594 e. The monoisotopic (exact) mass is 438 g/mol. The van der Waals surface area contributed by atoms with Crippen LogP contribution in [0.4, 0.5) is 0 Å². The summed E-state index contributed by atoms with van der Waals surface area (Å²) in [5.41, 5.74) is 5.43. The van der Waals surface area contributed by atoms with Gasteiger partial charge in [-0.25, -0.2) is 0 Å². The molecule has 4 saturated carbocycles. The Morgan fingerprint density at radius 1 is 1.16 bits per heavy atom. The van der Waals surface area contributed by atoms with Crippen molar-refractivity contribution >= 4 is 0 Å². The molecular formula is C30H46O2. The van der Waals surface area contributed by atoms with Crippen molar-refractivity contribution in [1.29, 1.82) is 0 Å². The molecule has 0 amide bonds. The Bertz CT molecular complexity index is 891. The summed E-state index contributed by atoms with van der Waals surface area (Å²) in [5.74, 6) is 1.89. The third-order valence-electron chi connectivity index (χ3n) is 12.0. The minimum Gasteiger partial charge on any atom is -0.395 e. The fraction of sp³-hybridized carbons (Fsp3) is 0.800. The summed E-state index contributed by atoms with van der Waals surface area (Å²) in [5, 5.41) is 20.6. The van der Waals surface area contributed by atoms with E-state index in [1.165, 1.54) is 56.1 Å². The van der Waals surface area contributed by atoms with Crippen LogP contribution in [0.3, 0.4) is 0 Å². The summed E-state index contributed by atoms with van der Waals surface area (Å²) in [7, 11) is 0. The van der Waals surface area contributed by atoms with E-state index in [9.17, 15) is 10.2 Å². The fourth-order valence-electron chi connectivity index (χ4n) is 9.37. The third kappa shape index (κ3) is 2.72. The SMILES string of the molecule is C=C(/C=C(\C)C(C)(C)CO)[C@H]1CC[C@@H]2C3=CC[C@H]4C(C)(C)[C@@H](O)CC[C@@]45C[C@@]35CC[C@@]12C. The van der Waals surface area contributed by atoms with Gasteiger partial charge in [0.1, 0.15) is 0 Å². The number of hydrogen-bond donors (Lipinski definition) is 2. The maximum absolute atomic E-state index is 10.8. The van der Waals surface area contributed by atoms with Gasteiger partial charge < -0.3 is 10.2 Å². The van der Waals surface area contributed by atoms with Crippen LogP contribution in [0.2, 0.25) is 0 Å². The molecule has 32 heavy (non-hydrogen) atoms. The van der Waals surface area contributed by atoms with E-state index in [0.29, 0.717) is 34.0 Å². The van der Waals surface area contributed by atoms with Gasteiger partial charge in [-0.3, -0.25) is 0 Å². The molecule has 2 spiro atoms. The van der Waals surface area contributed by atoms with Gasteiger partial charge in [0.05, 0.1) is 12.7 Å². The van der Waals surface area contributed by atoms with Gasteiger partial charge in [0, 0.05) is 5.41 Å². The van der Waals surface area contributed by atoms with E-state index in [2.05, 4.69) is 60.3 Å². The summed E-state index contributed by atoms with van der Waals surface area (Å²) in [4.78, 5) is 0. The number of hydrogen-bond acceptors (Lipinski definition) is 2. The van der Waals surface area contributed by atoms with Crippen molar-refractivity contribution in [3.63, 3.8) is 0 Å². The lowest BCUT2D eigenvalue weighted by Gasteiger charge is -2.56. The van der Waals surface area contributed by atoms with Crippen LogP contribution in [-0.4, -0.2) is 22.9 Å². The van der Waals surface area contributed by atoms with Gasteiger partial charge in [-0.1, -0.05) is 70.1 Å². The van der Waals surface area contributed by atoms with Gasteiger partial charge in [0.2, 0.25) is 0 Å². The summed E-state index contributed by atoms with van der Waals surface area (Å²) in [6.07, 6.45) is 14.8. The first-order valence-electron chi connectivity index (χ1n) is 13.2. The van der Waals surface area contributed by atoms with Gasteiger partial charge in [-0.15, -0.1) is 0 Å². The van der Waals surface area contributed by atoms with Crippen molar-refractivity contribution in [2.24, 2.45) is 44.8 Å². The molecule has 0 aliphatic heterocycles. The molecule has 2 heteroatoms. The van der Waals surface area contributed by atoms with E-state index in [1.807, 2.05) is 5.57 Å². The molecule has 2 N–H and O–H groups in total. The van der Waals surface area contributed by atoms with Gasteiger partial charge in [0.25, 0.3) is 0 Å². The molecule has 0 aromatic rings. The highest BCUT2D eigenvalue weighted by molar-refractivity contribution is 5.44. The molecule has 7 atom stereocenters. The van der Waals surface area contributed by atoms with Gasteiger partial charge >= 0.3 is 0 Å². The van der Waals surface area contributed by atoms with Gasteiger partial charge in [0.15, 0.2) is 0 Å². The Kier molecular flexibility index (Phi) is 4.90. The topological polar surface area (TPSA) is 40.5 Å². The molecular weight excluding hydrogens is 392 g/mol. The molecule has 0 unspecified atom stereocenters. The van der Waals surface area contributed by atoms with E-state index in [0.717, 1.165) is 6.42 Å². The molecule has 5 aliphatic carbocycles. The maximum atomic E-state index is 10.8. The molecule has 4 fully saturated rings. The van der Waals surface area contributed by atoms with Crippen molar-refractivity contribution in [2.75, 3.05) is 6.61 Å². The number of rotatable bonds is 4. The Morgan fingerprint density at radius 2 is 1.88 bits per heavy atom. The molecule has 178 valence electrons. The Labute approximate surface area is 196 Å². The molecule has 5 aliphatic rings. The van der Waals surface area contributed by atoms with Gasteiger partial charge in [-0.2, -0.15) is 0 Å². The van der Waals surface area contributed by atoms with Crippen LogP contribution in [0.1, 0.15) is 92.9 Å². The maximum Gasteiger partial charge on any atom is 0.0594 e. The first-order chi connectivity index (χ1) is 14.9. The highest BCUT2D eigenvalue weighted by atomic mass is 16.3. The zero-order valence-corrected chi connectivity index (χ0v) is 21.4. The Balaban J connectivity index is 1.44. The predicted octanol–water partition coefficient (Wildman–Crippen LogP) is 6.84. The van der Waals surface area contributed by atoms with Crippen molar-refractivity contribution in [3.8, 4) is 0 Å². The van der Waals surface area contributed by atoms with Crippen molar-refractivity contribution in [2.45, 2.75) is 99.0 Å². The van der Waals surface area contributed by atoms with Gasteiger partial charge in [-0.05, 0) is 97.7 Å². The Hall–Kier alpha value is -0.860. The normalized spacial score (nSPS) is 47.0. The van der Waals surface area contributed by atoms with E-state index in [-0.39, 0.29) is 23.5 Å². The van der Waals surface area contributed by atoms with Crippen LogP contribution in [0.25, 0.3) is 0 Å². The molecule has 5 rings (SSSR count). The number of aliphatic hydroxyl groups is 2. The number of aliphatic hydroxyl groups excluding tert-OH is 2. The second-order valence-corrected chi connectivity index (χ2v) is 13.9. The first-order valence-corrected chi connectivity index (χ1v) is 13.2. The van der Waals surface area contributed by atoms with Crippen LogP contribution < -0.4 is 0 Å². The highest BCUT2D eigenvalue weighted by Crippen LogP contribution is 2.85. The second-order valence-electron chi connectivity index (χ2n) is 13.9. The number of fused-ring (bicyclic) bond motifs is 2. The summed E-state index contributed by atoms with van der Waals surface area (Å²) in [6, 6.07) is 0. The first kappa shape index (κ1) is 22.9. The number of allylic oxidation sites excluding steroid dienone is 4. The van der Waals surface area contributed by atoms with Crippen molar-refractivity contribution < 1.29 is 10.2 Å².